The van der Waals surface area contributed by atoms with E-state index in [0.717, 1.165) is 12.8 Å². The fourth-order valence-electron chi connectivity index (χ4n) is 2.14. The molecule has 4 heteroatoms. The molecule has 0 bridgehead atoms. The van der Waals surface area contributed by atoms with E-state index < -0.39 is 0 Å². The molecule has 86 valence electrons. The second-order valence-electron chi connectivity index (χ2n) is 4.20. The highest BCUT2D eigenvalue weighted by molar-refractivity contribution is 6.05. The van der Waals surface area contributed by atoms with Gasteiger partial charge in [-0.3, -0.25) is 14.9 Å². The Bertz CT molecular complexity index is 249. The Labute approximate surface area is 90.8 Å². The maximum Gasteiger partial charge on any atom is 0.244 e. The minimum atomic E-state index is -0.326. The highest BCUT2D eigenvalue weighted by atomic mass is 16.2. The summed E-state index contributed by atoms with van der Waals surface area (Å²) < 4.78 is 0. The minimum absolute atomic E-state index is 0.172. The zero-order chi connectivity index (χ0) is 11.4. The van der Waals surface area contributed by atoms with Crippen molar-refractivity contribution in [2.75, 3.05) is 0 Å². The molecule has 0 aromatic heterocycles. The molecule has 0 aliphatic carbocycles. The Hall–Kier alpha value is -0.900. The molecule has 1 rings (SSSR count). The molecule has 1 fully saturated rings. The standard InChI is InChI=1S/C11H20N2O2/c1-4-8(5-2)7(3)12-9-6-10(14)13-11(9)15/h7-9,12H,4-6H2,1-3H3,(H,13,14,15). The molecule has 1 heterocycles. The Morgan fingerprint density at radius 1 is 1.40 bits per heavy atom. The molecule has 4 nitrogen and oxygen atoms in total. The molecule has 0 radical (unpaired) electrons. The number of rotatable bonds is 5. The van der Waals surface area contributed by atoms with Crippen molar-refractivity contribution in [1.82, 2.24) is 10.6 Å². The van der Waals surface area contributed by atoms with Crippen LogP contribution in [0, 0.1) is 5.92 Å². The zero-order valence-electron chi connectivity index (χ0n) is 9.67. The van der Waals surface area contributed by atoms with Gasteiger partial charge in [0.2, 0.25) is 11.8 Å². The van der Waals surface area contributed by atoms with E-state index in [1.165, 1.54) is 0 Å². The molecule has 1 aliphatic rings. The number of carbonyl (C=O) groups is 2. The van der Waals surface area contributed by atoms with Crippen molar-refractivity contribution in [3.63, 3.8) is 0 Å². The van der Waals surface area contributed by atoms with Crippen molar-refractivity contribution in [1.29, 1.82) is 0 Å². The van der Waals surface area contributed by atoms with E-state index in [2.05, 4.69) is 31.4 Å². The lowest BCUT2D eigenvalue weighted by molar-refractivity contribution is -0.125. The average molecular weight is 212 g/mol. The zero-order valence-corrected chi connectivity index (χ0v) is 9.67. The fourth-order valence-corrected chi connectivity index (χ4v) is 2.14. The maximum absolute atomic E-state index is 11.3. The van der Waals surface area contributed by atoms with Gasteiger partial charge in [-0.25, -0.2) is 0 Å². The molecular formula is C11H20N2O2. The molecule has 1 saturated heterocycles. The number of carbonyl (C=O) groups excluding carboxylic acids is 2. The van der Waals surface area contributed by atoms with Crippen molar-refractivity contribution in [2.45, 2.75) is 52.1 Å². The van der Waals surface area contributed by atoms with Gasteiger partial charge in [0, 0.05) is 6.04 Å². The third kappa shape index (κ3) is 3.02. The number of amides is 2. The van der Waals surface area contributed by atoms with Crippen LogP contribution in [0.5, 0.6) is 0 Å². The third-order valence-electron chi connectivity index (χ3n) is 3.19. The lowest BCUT2D eigenvalue weighted by atomic mass is 9.95. The number of hydrogen-bond acceptors (Lipinski definition) is 3. The summed E-state index contributed by atoms with van der Waals surface area (Å²) in [5.74, 6) is 0.209. The topological polar surface area (TPSA) is 58.2 Å². The Morgan fingerprint density at radius 3 is 2.40 bits per heavy atom. The first-order chi connectivity index (χ1) is 7.08. The highest BCUT2D eigenvalue weighted by Crippen LogP contribution is 2.14. The van der Waals surface area contributed by atoms with Crippen molar-refractivity contribution in [3.8, 4) is 0 Å². The van der Waals surface area contributed by atoms with Crippen LogP contribution < -0.4 is 10.6 Å². The first-order valence-corrected chi connectivity index (χ1v) is 5.68. The summed E-state index contributed by atoms with van der Waals surface area (Å²) in [4.78, 5) is 22.3. The van der Waals surface area contributed by atoms with Crippen LogP contribution in [0.15, 0.2) is 0 Å². The average Bonchev–Trinajstić information content (AvgIpc) is 2.47. The van der Waals surface area contributed by atoms with Crippen LogP contribution in [-0.2, 0) is 9.59 Å². The van der Waals surface area contributed by atoms with Gasteiger partial charge in [-0.1, -0.05) is 26.7 Å². The lowest BCUT2D eigenvalue weighted by Crippen LogP contribution is -2.44. The van der Waals surface area contributed by atoms with Crippen LogP contribution in [0.3, 0.4) is 0 Å². The van der Waals surface area contributed by atoms with E-state index in [4.69, 9.17) is 0 Å². The van der Waals surface area contributed by atoms with Crippen LogP contribution >= 0.6 is 0 Å². The SMILES string of the molecule is CCC(CC)C(C)NC1CC(=O)NC1=O. The summed E-state index contributed by atoms with van der Waals surface area (Å²) >= 11 is 0. The highest BCUT2D eigenvalue weighted by Gasteiger charge is 2.32. The molecule has 2 atom stereocenters. The van der Waals surface area contributed by atoms with Crippen LogP contribution in [0.25, 0.3) is 0 Å². The minimum Gasteiger partial charge on any atom is -0.303 e. The number of hydrogen-bond donors (Lipinski definition) is 2. The van der Waals surface area contributed by atoms with E-state index >= 15 is 0 Å². The molecule has 2 N–H and O–H groups in total. The first-order valence-electron chi connectivity index (χ1n) is 5.68. The van der Waals surface area contributed by atoms with Gasteiger partial charge in [0.25, 0.3) is 0 Å². The maximum atomic E-state index is 11.3. The van der Waals surface area contributed by atoms with E-state index in [1.807, 2.05) is 0 Å². The predicted molar refractivity (Wildman–Crippen MR) is 58.2 cm³/mol. The monoisotopic (exact) mass is 212 g/mol. The largest absolute Gasteiger partial charge is 0.303 e. The van der Waals surface area contributed by atoms with Gasteiger partial charge in [0.05, 0.1) is 12.5 Å². The molecule has 0 aromatic carbocycles. The van der Waals surface area contributed by atoms with Crippen LogP contribution in [-0.4, -0.2) is 23.9 Å². The van der Waals surface area contributed by atoms with Crippen molar-refractivity contribution in [3.05, 3.63) is 0 Å². The van der Waals surface area contributed by atoms with Crippen molar-refractivity contribution in [2.24, 2.45) is 5.92 Å². The number of imide groups is 1. The molecule has 2 unspecified atom stereocenters. The van der Waals surface area contributed by atoms with Crippen LogP contribution in [0.2, 0.25) is 0 Å². The van der Waals surface area contributed by atoms with Crippen LogP contribution in [0.4, 0.5) is 0 Å². The summed E-state index contributed by atoms with van der Waals surface area (Å²) in [5, 5.41) is 5.53. The van der Waals surface area contributed by atoms with Gasteiger partial charge >= 0.3 is 0 Å². The Balaban J connectivity index is 2.47. The molecule has 1 aliphatic heterocycles. The summed E-state index contributed by atoms with van der Waals surface area (Å²) in [5.41, 5.74) is 0. The van der Waals surface area contributed by atoms with Gasteiger partial charge in [0.15, 0.2) is 0 Å². The quantitative estimate of drug-likeness (QED) is 0.663. The summed E-state index contributed by atoms with van der Waals surface area (Å²) in [7, 11) is 0. The van der Waals surface area contributed by atoms with Crippen molar-refractivity contribution < 1.29 is 9.59 Å². The second kappa shape index (κ2) is 5.26. The van der Waals surface area contributed by atoms with Gasteiger partial charge in [-0.15, -0.1) is 0 Å². The molecule has 0 saturated carbocycles. The van der Waals surface area contributed by atoms with Crippen molar-refractivity contribution >= 4 is 11.8 Å². The molecule has 0 spiro atoms. The van der Waals surface area contributed by atoms with E-state index in [1.54, 1.807) is 0 Å². The summed E-state index contributed by atoms with van der Waals surface area (Å²) in [6.45, 7) is 6.37. The molecule has 2 amide bonds. The van der Waals surface area contributed by atoms with Gasteiger partial charge in [0.1, 0.15) is 0 Å². The molecule has 15 heavy (non-hydrogen) atoms. The fraction of sp³-hybridized carbons (Fsp3) is 0.818. The second-order valence-corrected chi connectivity index (χ2v) is 4.20. The van der Waals surface area contributed by atoms with E-state index in [0.29, 0.717) is 5.92 Å². The smallest absolute Gasteiger partial charge is 0.244 e. The van der Waals surface area contributed by atoms with Gasteiger partial charge in [-0.05, 0) is 12.8 Å². The lowest BCUT2D eigenvalue weighted by Gasteiger charge is -2.24. The molecular weight excluding hydrogens is 192 g/mol. The normalized spacial score (nSPS) is 23.3. The predicted octanol–water partition coefficient (Wildman–Crippen LogP) is 0.816. The summed E-state index contributed by atoms with van der Waals surface area (Å²) in [6.07, 6.45) is 2.46. The van der Waals surface area contributed by atoms with Crippen LogP contribution in [0.1, 0.15) is 40.0 Å². The van der Waals surface area contributed by atoms with Gasteiger partial charge < -0.3 is 5.32 Å². The Morgan fingerprint density at radius 2 is 2.00 bits per heavy atom. The van der Waals surface area contributed by atoms with E-state index in [9.17, 15) is 9.59 Å². The first kappa shape index (κ1) is 12.2. The Kier molecular flexibility index (Phi) is 4.27. The third-order valence-corrected chi connectivity index (χ3v) is 3.19. The van der Waals surface area contributed by atoms with Gasteiger partial charge in [-0.2, -0.15) is 0 Å². The van der Waals surface area contributed by atoms with E-state index in [-0.39, 0.29) is 30.3 Å². The number of nitrogens with one attached hydrogen (secondary N) is 2. The summed E-state index contributed by atoms with van der Waals surface area (Å²) in [6, 6.07) is -0.0465. The molecule has 0 aromatic rings.